The smallest absolute Gasteiger partial charge is 0.262 e. The van der Waals surface area contributed by atoms with E-state index in [-0.39, 0.29) is 10.0 Å². The van der Waals surface area contributed by atoms with E-state index in [2.05, 4.69) is 9.71 Å². The van der Waals surface area contributed by atoms with Crippen molar-refractivity contribution in [3.63, 3.8) is 0 Å². The molecule has 21 heavy (non-hydrogen) atoms. The Morgan fingerprint density at radius 2 is 1.62 bits per heavy atom. The van der Waals surface area contributed by atoms with Gasteiger partial charge in [-0.1, -0.05) is 29.3 Å². The molecular weight excluding hydrogens is 308 g/mol. The minimum absolute atomic E-state index is 0.140. The van der Waals surface area contributed by atoms with E-state index in [0.717, 1.165) is 11.1 Å². The highest BCUT2D eigenvalue weighted by atomic mass is 35.5. The van der Waals surface area contributed by atoms with Gasteiger partial charge in [-0.2, -0.15) is 0 Å². The summed E-state index contributed by atoms with van der Waals surface area (Å²) in [6, 6.07) is 5.40. The SMILES string of the molecule is Cc1cc(C)c(S(=O)(=O)Nc2c(C)ccnc2Cl)c(C)c1. The Labute approximate surface area is 130 Å². The predicted molar refractivity (Wildman–Crippen MR) is 85.4 cm³/mol. The third-order valence-electron chi connectivity index (χ3n) is 3.22. The number of nitrogens with one attached hydrogen (secondary N) is 1. The van der Waals surface area contributed by atoms with Gasteiger partial charge in [-0.15, -0.1) is 0 Å². The molecule has 2 rings (SSSR count). The molecule has 0 amide bonds. The normalized spacial score (nSPS) is 11.5. The summed E-state index contributed by atoms with van der Waals surface area (Å²) in [5, 5.41) is 0.140. The number of hydrogen-bond donors (Lipinski definition) is 1. The van der Waals surface area contributed by atoms with Crippen LogP contribution in [-0.4, -0.2) is 13.4 Å². The largest absolute Gasteiger partial charge is 0.276 e. The van der Waals surface area contributed by atoms with Crippen molar-refractivity contribution >= 4 is 27.3 Å². The number of benzene rings is 1. The van der Waals surface area contributed by atoms with Crippen molar-refractivity contribution in [1.29, 1.82) is 0 Å². The van der Waals surface area contributed by atoms with Crippen LogP contribution in [0, 0.1) is 27.7 Å². The molecule has 0 spiro atoms. The third-order valence-corrected chi connectivity index (χ3v) is 5.16. The number of pyridine rings is 1. The van der Waals surface area contributed by atoms with Crippen LogP contribution in [0.5, 0.6) is 0 Å². The zero-order valence-corrected chi connectivity index (χ0v) is 13.9. The first-order chi connectivity index (χ1) is 9.72. The number of nitrogens with zero attached hydrogens (tertiary/aromatic N) is 1. The summed E-state index contributed by atoms with van der Waals surface area (Å²) in [5.74, 6) is 0. The molecule has 112 valence electrons. The van der Waals surface area contributed by atoms with Crippen molar-refractivity contribution in [2.75, 3.05) is 4.72 Å². The Hall–Kier alpha value is -1.59. The molecule has 6 heteroatoms. The molecule has 0 aliphatic rings. The fraction of sp³-hybridized carbons (Fsp3) is 0.267. The Morgan fingerprint density at radius 3 is 2.14 bits per heavy atom. The van der Waals surface area contributed by atoms with Crippen LogP contribution in [0.1, 0.15) is 22.3 Å². The molecule has 0 saturated carbocycles. The number of anilines is 1. The van der Waals surface area contributed by atoms with Crippen molar-refractivity contribution in [2.45, 2.75) is 32.6 Å². The number of aromatic nitrogens is 1. The summed E-state index contributed by atoms with van der Waals surface area (Å²) in [7, 11) is -3.71. The van der Waals surface area contributed by atoms with Crippen LogP contribution in [0.4, 0.5) is 5.69 Å². The lowest BCUT2D eigenvalue weighted by atomic mass is 10.1. The third kappa shape index (κ3) is 3.19. The summed E-state index contributed by atoms with van der Waals surface area (Å²) in [4.78, 5) is 4.20. The number of rotatable bonds is 3. The second-order valence-corrected chi connectivity index (χ2v) is 7.10. The lowest BCUT2D eigenvalue weighted by Crippen LogP contribution is -2.17. The fourth-order valence-electron chi connectivity index (χ4n) is 2.42. The van der Waals surface area contributed by atoms with E-state index in [1.165, 1.54) is 6.20 Å². The fourth-order valence-corrected chi connectivity index (χ4v) is 4.33. The topological polar surface area (TPSA) is 59.1 Å². The summed E-state index contributed by atoms with van der Waals surface area (Å²) >= 11 is 5.99. The van der Waals surface area contributed by atoms with Gasteiger partial charge in [0.05, 0.1) is 10.6 Å². The average Bonchev–Trinajstić information content (AvgIpc) is 2.32. The van der Waals surface area contributed by atoms with Gasteiger partial charge in [-0.25, -0.2) is 13.4 Å². The molecule has 0 bridgehead atoms. The molecule has 0 unspecified atom stereocenters. The van der Waals surface area contributed by atoms with E-state index >= 15 is 0 Å². The van der Waals surface area contributed by atoms with Gasteiger partial charge >= 0.3 is 0 Å². The van der Waals surface area contributed by atoms with Crippen molar-refractivity contribution in [3.8, 4) is 0 Å². The van der Waals surface area contributed by atoms with Crippen LogP contribution in [0.25, 0.3) is 0 Å². The highest BCUT2D eigenvalue weighted by molar-refractivity contribution is 7.92. The van der Waals surface area contributed by atoms with Gasteiger partial charge < -0.3 is 0 Å². The van der Waals surface area contributed by atoms with Gasteiger partial charge in [0.2, 0.25) is 0 Å². The first kappa shape index (κ1) is 15.8. The quantitative estimate of drug-likeness (QED) is 0.874. The number of halogens is 1. The van der Waals surface area contributed by atoms with Gasteiger partial charge in [0.1, 0.15) is 0 Å². The lowest BCUT2D eigenvalue weighted by molar-refractivity contribution is 0.600. The summed E-state index contributed by atoms with van der Waals surface area (Å²) in [6.45, 7) is 7.28. The van der Waals surface area contributed by atoms with Crippen LogP contribution in [0.15, 0.2) is 29.3 Å². The van der Waals surface area contributed by atoms with Crippen LogP contribution in [0.2, 0.25) is 5.15 Å². The Kier molecular flexibility index (Phi) is 4.25. The number of hydrogen-bond acceptors (Lipinski definition) is 3. The van der Waals surface area contributed by atoms with Crippen LogP contribution in [0.3, 0.4) is 0 Å². The molecule has 0 aliphatic heterocycles. The molecule has 2 aromatic rings. The molecule has 0 fully saturated rings. The molecule has 0 aliphatic carbocycles. The van der Waals surface area contributed by atoms with Crippen molar-refractivity contribution in [1.82, 2.24) is 4.98 Å². The predicted octanol–water partition coefficient (Wildman–Crippen LogP) is 3.77. The highest BCUT2D eigenvalue weighted by Gasteiger charge is 2.22. The van der Waals surface area contributed by atoms with Gasteiger partial charge in [-0.3, -0.25) is 4.72 Å². The monoisotopic (exact) mass is 324 g/mol. The molecule has 1 N–H and O–H groups in total. The van der Waals surface area contributed by atoms with Crippen LogP contribution in [-0.2, 0) is 10.0 Å². The Bertz CT molecular complexity index is 758. The molecular formula is C15H17ClN2O2S. The maximum absolute atomic E-state index is 12.7. The van der Waals surface area contributed by atoms with E-state index < -0.39 is 10.0 Å². The maximum atomic E-state index is 12.7. The average molecular weight is 325 g/mol. The van der Waals surface area contributed by atoms with Gasteiger partial charge in [-0.05, 0) is 50.5 Å². The summed E-state index contributed by atoms with van der Waals surface area (Å²) in [5.41, 5.74) is 3.48. The molecule has 1 aromatic carbocycles. The molecule has 1 heterocycles. The number of sulfonamides is 1. The Balaban J connectivity index is 2.54. The molecule has 0 radical (unpaired) electrons. The first-order valence-electron chi connectivity index (χ1n) is 6.44. The summed E-state index contributed by atoms with van der Waals surface area (Å²) in [6.07, 6.45) is 1.54. The van der Waals surface area contributed by atoms with Gasteiger partial charge in [0, 0.05) is 6.20 Å². The molecule has 0 atom stereocenters. The van der Waals surface area contributed by atoms with Gasteiger partial charge in [0.25, 0.3) is 10.0 Å². The minimum Gasteiger partial charge on any atom is -0.276 e. The van der Waals surface area contributed by atoms with E-state index in [0.29, 0.717) is 16.8 Å². The second-order valence-electron chi connectivity index (χ2n) is 5.13. The molecule has 4 nitrogen and oxygen atoms in total. The number of aryl methyl sites for hydroxylation is 4. The molecule has 0 saturated heterocycles. The first-order valence-corrected chi connectivity index (χ1v) is 8.30. The second kappa shape index (κ2) is 5.66. The summed E-state index contributed by atoms with van der Waals surface area (Å²) < 4.78 is 27.9. The van der Waals surface area contributed by atoms with Crippen molar-refractivity contribution in [2.24, 2.45) is 0 Å². The van der Waals surface area contributed by atoms with E-state index in [9.17, 15) is 8.42 Å². The lowest BCUT2D eigenvalue weighted by Gasteiger charge is -2.15. The zero-order chi connectivity index (χ0) is 15.8. The van der Waals surface area contributed by atoms with E-state index in [1.54, 1.807) is 26.8 Å². The Morgan fingerprint density at radius 1 is 1.05 bits per heavy atom. The van der Waals surface area contributed by atoms with Gasteiger partial charge in [0.15, 0.2) is 5.15 Å². The van der Waals surface area contributed by atoms with Crippen molar-refractivity contribution in [3.05, 3.63) is 51.8 Å². The van der Waals surface area contributed by atoms with E-state index in [1.807, 2.05) is 19.1 Å². The maximum Gasteiger partial charge on any atom is 0.262 e. The zero-order valence-electron chi connectivity index (χ0n) is 12.4. The van der Waals surface area contributed by atoms with E-state index in [4.69, 9.17) is 11.6 Å². The van der Waals surface area contributed by atoms with Crippen LogP contribution < -0.4 is 4.72 Å². The van der Waals surface area contributed by atoms with Crippen LogP contribution >= 0.6 is 11.6 Å². The highest BCUT2D eigenvalue weighted by Crippen LogP contribution is 2.28. The molecule has 1 aromatic heterocycles. The van der Waals surface area contributed by atoms with Crippen molar-refractivity contribution < 1.29 is 8.42 Å². The standard InChI is InChI=1S/C15H17ClN2O2S/c1-9-7-11(3)14(12(4)8-9)21(19,20)18-13-10(2)5-6-17-15(13)16/h5-8,18H,1-4H3. The minimum atomic E-state index is -3.71.